The second kappa shape index (κ2) is 4.15. The number of aliphatic hydroxyl groups is 1. The SMILES string of the molecule is C[C@@H](O)Cc1cccc([N+](=O)[O-])c1F. The van der Waals surface area contributed by atoms with Crippen molar-refractivity contribution in [1.82, 2.24) is 0 Å². The Balaban J connectivity index is 3.07. The zero-order chi connectivity index (χ0) is 10.7. The van der Waals surface area contributed by atoms with Gasteiger partial charge in [-0.1, -0.05) is 12.1 Å². The Labute approximate surface area is 80.1 Å². The van der Waals surface area contributed by atoms with Crippen LogP contribution in [0.2, 0.25) is 0 Å². The van der Waals surface area contributed by atoms with Gasteiger partial charge in [-0.05, 0) is 12.5 Å². The van der Waals surface area contributed by atoms with Crippen molar-refractivity contribution >= 4 is 5.69 Å². The fraction of sp³-hybridized carbons (Fsp3) is 0.333. The number of nitro benzene ring substituents is 1. The predicted octanol–water partition coefficient (Wildman–Crippen LogP) is 1.66. The van der Waals surface area contributed by atoms with Crippen LogP contribution in [-0.2, 0) is 6.42 Å². The van der Waals surface area contributed by atoms with Gasteiger partial charge in [0.05, 0.1) is 11.0 Å². The number of aliphatic hydroxyl groups excluding tert-OH is 1. The molecule has 5 heteroatoms. The van der Waals surface area contributed by atoms with E-state index < -0.39 is 22.5 Å². The molecule has 0 aliphatic carbocycles. The standard InChI is InChI=1S/C9H10FNO3/c1-6(12)5-7-3-2-4-8(9(7)10)11(13)14/h2-4,6,12H,5H2,1H3/t6-/m1/s1. The first-order valence-corrected chi connectivity index (χ1v) is 4.12. The predicted molar refractivity (Wildman–Crippen MR) is 48.4 cm³/mol. The van der Waals surface area contributed by atoms with Crippen molar-refractivity contribution < 1.29 is 14.4 Å². The minimum atomic E-state index is -0.863. The highest BCUT2D eigenvalue weighted by Crippen LogP contribution is 2.20. The Hall–Kier alpha value is -1.49. The molecule has 0 radical (unpaired) electrons. The average Bonchev–Trinajstić information content (AvgIpc) is 2.07. The molecule has 1 rings (SSSR count). The maximum absolute atomic E-state index is 13.3. The molecule has 0 aliphatic heterocycles. The van der Waals surface area contributed by atoms with E-state index >= 15 is 0 Å². The molecule has 76 valence electrons. The summed E-state index contributed by atoms with van der Waals surface area (Å²) in [5.41, 5.74) is -0.391. The lowest BCUT2D eigenvalue weighted by Gasteiger charge is -2.05. The Morgan fingerprint density at radius 3 is 2.79 bits per heavy atom. The summed E-state index contributed by atoms with van der Waals surface area (Å²) in [5, 5.41) is 19.4. The minimum absolute atomic E-state index is 0.0769. The molecule has 0 aliphatic rings. The smallest absolute Gasteiger partial charge is 0.305 e. The second-order valence-electron chi connectivity index (χ2n) is 3.06. The zero-order valence-electron chi connectivity index (χ0n) is 7.61. The first kappa shape index (κ1) is 10.6. The van der Waals surface area contributed by atoms with Gasteiger partial charge in [0.15, 0.2) is 0 Å². The number of nitro groups is 1. The third-order valence-electron chi connectivity index (χ3n) is 1.77. The monoisotopic (exact) mass is 199 g/mol. The van der Waals surface area contributed by atoms with Gasteiger partial charge in [-0.3, -0.25) is 10.1 Å². The number of rotatable bonds is 3. The van der Waals surface area contributed by atoms with Gasteiger partial charge in [0.25, 0.3) is 0 Å². The van der Waals surface area contributed by atoms with Crippen LogP contribution in [0.15, 0.2) is 18.2 Å². The lowest BCUT2D eigenvalue weighted by Crippen LogP contribution is -2.07. The quantitative estimate of drug-likeness (QED) is 0.594. The van der Waals surface area contributed by atoms with Gasteiger partial charge in [-0.15, -0.1) is 0 Å². The fourth-order valence-electron chi connectivity index (χ4n) is 1.18. The number of halogens is 1. The maximum atomic E-state index is 13.3. The van der Waals surface area contributed by atoms with Gasteiger partial charge in [0, 0.05) is 12.5 Å². The molecule has 0 spiro atoms. The van der Waals surface area contributed by atoms with Crippen LogP contribution in [0, 0.1) is 15.9 Å². The molecule has 0 fully saturated rings. The van der Waals surface area contributed by atoms with Crippen LogP contribution >= 0.6 is 0 Å². The molecule has 1 N–H and O–H groups in total. The molecular weight excluding hydrogens is 189 g/mol. The molecule has 14 heavy (non-hydrogen) atoms. The molecule has 0 aromatic heterocycles. The third-order valence-corrected chi connectivity index (χ3v) is 1.77. The Morgan fingerprint density at radius 1 is 1.64 bits per heavy atom. The van der Waals surface area contributed by atoms with E-state index in [0.717, 1.165) is 6.07 Å². The molecule has 4 nitrogen and oxygen atoms in total. The maximum Gasteiger partial charge on any atom is 0.305 e. The van der Waals surface area contributed by atoms with Crippen molar-refractivity contribution in [3.8, 4) is 0 Å². The number of hydrogen-bond acceptors (Lipinski definition) is 3. The van der Waals surface area contributed by atoms with Crippen LogP contribution < -0.4 is 0 Å². The zero-order valence-corrected chi connectivity index (χ0v) is 7.61. The Bertz CT molecular complexity index is 352. The normalized spacial score (nSPS) is 12.5. The highest BCUT2D eigenvalue weighted by atomic mass is 19.1. The molecule has 1 atom stereocenters. The van der Waals surface area contributed by atoms with E-state index in [-0.39, 0.29) is 12.0 Å². The molecule has 1 aromatic rings. The van der Waals surface area contributed by atoms with E-state index in [1.54, 1.807) is 0 Å². The summed E-state index contributed by atoms with van der Waals surface area (Å²) >= 11 is 0. The number of hydrogen-bond donors (Lipinski definition) is 1. The van der Waals surface area contributed by atoms with E-state index in [4.69, 9.17) is 5.11 Å². The van der Waals surface area contributed by atoms with E-state index in [2.05, 4.69) is 0 Å². The van der Waals surface area contributed by atoms with E-state index in [9.17, 15) is 14.5 Å². The van der Waals surface area contributed by atoms with Crippen LogP contribution in [0.1, 0.15) is 12.5 Å². The fourth-order valence-corrected chi connectivity index (χ4v) is 1.18. The van der Waals surface area contributed by atoms with Gasteiger partial charge >= 0.3 is 5.69 Å². The summed E-state index contributed by atoms with van der Waals surface area (Å²) in [6, 6.07) is 3.93. The molecule has 0 saturated carbocycles. The average molecular weight is 199 g/mol. The van der Waals surface area contributed by atoms with Crippen LogP contribution in [0.4, 0.5) is 10.1 Å². The molecule has 0 bridgehead atoms. The molecular formula is C9H10FNO3. The van der Waals surface area contributed by atoms with E-state index in [1.807, 2.05) is 0 Å². The summed E-state index contributed by atoms with van der Waals surface area (Å²) in [6.07, 6.45) is -0.639. The van der Waals surface area contributed by atoms with Crippen molar-refractivity contribution in [3.63, 3.8) is 0 Å². The lowest BCUT2D eigenvalue weighted by molar-refractivity contribution is -0.387. The molecule has 0 saturated heterocycles. The van der Waals surface area contributed by atoms with Crippen LogP contribution in [0.5, 0.6) is 0 Å². The minimum Gasteiger partial charge on any atom is -0.393 e. The number of nitrogens with zero attached hydrogens (tertiary/aromatic N) is 1. The molecule has 0 amide bonds. The summed E-state index contributed by atoms with van der Waals surface area (Å²) in [7, 11) is 0. The first-order chi connectivity index (χ1) is 6.52. The number of benzene rings is 1. The van der Waals surface area contributed by atoms with Gasteiger partial charge in [0.1, 0.15) is 0 Å². The highest BCUT2D eigenvalue weighted by Gasteiger charge is 2.17. The summed E-state index contributed by atoms with van der Waals surface area (Å²) in [5.74, 6) is -0.863. The Kier molecular flexibility index (Phi) is 3.14. The largest absolute Gasteiger partial charge is 0.393 e. The Morgan fingerprint density at radius 2 is 2.29 bits per heavy atom. The third kappa shape index (κ3) is 2.26. The van der Waals surface area contributed by atoms with E-state index in [0.29, 0.717) is 0 Å². The summed E-state index contributed by atoms with van der Waals surface area (Å²) in [4.78, 5) is 9.59. The van der Waals surface area contributed by atoms with Crippen LogP contribution in [0.3, 0.4) is 0 Å². The first-order valence-electron chi connectivity index (χ1n) is 4.12. The van der Waals surface area contributed by atoms with Crippen molar-refractivity contribution in [2.75, 3.05) is 0 Å². The topological polar surface area (TPSA) is 63.4 Å². The van der Waals surface area contributed by atoms with Crippen LogP contribution in [-0.4, -0.2) is 16.1 Å². The van der Waals surface area contributed by atoms with Gasteiger partial charge in [0.2, 0.25) is 5.82 Å². The van der Waals surface area contributed by atoms with Crippen molar-refractivity contribution in [3.05, 3.63) is 39.7 Å². The second-order valence-corrected chi connectivity index (χ2v) is 3.06. The molecule has 0 unspecified atom stereocenters. The summed E-state index contributed by atoms with van der Waals surface area (Å²) in [6.45, 7) is 1.50. The van der Waals surface area contributed by atoms with Crippen LogP contribution in [0.25, 0.3) is 0 Å². The van der Waals surface area contributed by atoms with Gasteiger partial charge in [-0.25, -0.2) is 0 Å². The highest BCUT2D eigenvalue weighted by molar-refractivity contribution is 5.36. The summed E-state index contributed by atoms with van der Waals surface area (Å²) < 4.78 is 13.3. The molecule has 0 heterocycles. The molecule has 1 aromatic carbocycles. The van der Waals surface area contributed by atoms with Crippen molar-refractivity contribution in [2.24, 2.45) is 0 Å². The lowest BCUT2D eigenvalue weighted by atomic mass is 10.1. The van der Waals surface area contributed by atoms with Crippen molar-refractivity contribution in [1.29, 1.82) is 0 Å². The van der Waals surface area contributed by atoms with Gasteiger partial charge in [-0.2, -0.15) is 4.39 Å². The van der Waals surface area contributed by atoms with E-state index in [1.165, 1.54) is 19.1 Å². The van der Waals surface area contributed by atoms with Crippen molar-refractivity contribution in [2.45, 2.75) is 19.4 Å². The van der Waals surface area contributed by atoms with Gasteiger partial charge < -0.3 is 5.11 Å².